The Morgan fingerprint density at radius 1 is 1.14 bits per heavy atom. The van der Waals surface area contributed by atoms with E-state index >= 15 is 0 Å². The highest BCUT2D eigenvalue weighted by molar-refractivity contribution is 9.10. The first-order valence-electron chi connectivity index (χ1n) is 9.54. The van der Waals surface area contributed by atoms with Crippen molar-refractivity contribution in [1.82, 2.24) is 20.5 Å². The molecule has 3 aromatic rings. The van der Waals surface area contributed by atoms with E-state index in [1.54, 1.807) is 19.0 Å². The molecule has 7 nitrogen and oxygen atoms in total. The van der Waals surface area contributed by atoms with Crippen molar-refractivity contribution in [3.8, 4) is 0 Å². The molecule has 2 aromatic carbocycles. The Balaban J connectivity index is 1.63. The van der Waals surface area contributed by atoms with Crippen LogP contribution >= 0.6 is 15.9 Å². The van der Waals surface area contributed by atoms with Crippen LogP contribution in [0.1, 0.15) is 18.5 Å². The Hall–Kier alpha value is -2.42. The van der Waals surface area contributed by atoms with Gasteiger partial charge in [0.15, 0.2) is 5.58 Å². The van der Waals surface area contributed by atoms with E-state index in [4.69, 9.17) is 4.42 Å². The summed E-state index contributed by atoms with van der Waals surface area (Å²) in [6.45, 7) is 2.03. The van der Waals surface area contributed by atoms with Crippen molar-refractivity contribution in [3.05, 3.63) is 58.6 Å². The average Bonchev–Trinajstić information content (AvgIpc) is 3.09. The van der Waals surface area contributed by atoms with Crippen LogP contribution < -0.4 is 16.0 Å². The van der Waals surface area contributed by atoms with Gasteiger partial charge in [0.05, 0.1) is 5.92 Å². The maximum absolute atomic E-state index is 13.0. The second-order valence-electron chi connectivity index (χ2n) is 7.44. The minimum absolute atomic E-state index is 0.0681. The van der Waals surface area contributed by atoms with Crippen LogP contribution in [0.25, 0.3) is 11.1 Å². The highest BCUT2D eigenvalue weighted by Gasteiger charge is 2.41. The van der Waals surface area contributed by atoms with E-state index < -0.39 is 0 Å². The number of hydrogen-bond donors (Lipinski definition) is 3. The van der Waals surface area contributed by atoms with Crippen molar-refractivity contribution < 1.29 is 9.21 Å². The number of para-hydroxylation sites is 2. The second kappa shape index (κ2) is 8.14. The first-order valence-corrected chi connectivity index (χ1v) is 10.3. The molecule has 0 bridgehead atoms. The fourth-order valence-electron chi connectivity index (χ4n) is 3.79. The predicted molar refractivity (Wildman–Crippen MR) is 116 cm³/mol. The van der Waals surface area contributed by atoms with E-state index in [9.17, 15) is 4.79 Å². The number of carbonyl (C=O) groups is 1. The van der Waals surface area contributed by atoms with Gasteiger partial charge in [0.2, 0.25) is 5.91 Å². The quantitative estimate of drug-likeness (QED) is 0.557. The van der Waals surface area contributed by atoms with Crippen LogP contribution in [0.3, 0.4) is 0 Å². The number of halogens is 1. The zero-order valence-corrected chi connectivity index (χ0v) is 18.1. The van der Waals surface area contributed by atoms with Gasteiger partial charge in [-0.2, -0.15) is 4.98 Å². The number of rotatable bonds is 4. The van der Waals surface area contributed by atoms with Crippen LogP contribution in [0.4, 0.5) is 6.01 Å². The Morgan fingerprint density at radius 3 is 2.59 bits per heavy atom. The summed E-state index contributed by atoms with van der Waals surface area (Å²) < 4.78 is 6.76. The van der Waals surface area contributed by atoms with Gasteiger partial charge in [-0.05, 0) is 30.7 Å². The van der Waals surface area contributed by atoms with E-state index in [1.165, 1.54) is 0 Å². The van der Waals surface area contributed by atoms with Crippen LogP contribution in [-0.4, -0.2) is 42.2 Å². The van der Waals surface area contributed by atoms with E-state index in [-0.39, 0.29) is 30.2 Å². The number of anilines is 1. The Labute approximate surface area is 178 Å². The zero-order valence-electron chi connectivity index (χ0n) is 16.5. The fourth-order valence-corrected chi connectivity index (χ4v) is 4.32. The van der Waals surface area contributed by atoms with Crippen molar-refractivity contribution in [2.45, 2.75) is 25.3 Å². The van der Waals surface area contributed by atoms with Gasteiger partial charge in [-0.1, -0.05) is 46.3 Å². The summed E-state index contributed by atoms with van der Waals surface area (Å²) in [5.74, 6) is -0.205. The third-order valence-corrected chi connectivity index (χ3v) is 5.92. The summed E-state index contributed by atoms with van der Waals surface area (Å²) >= 11 is 3.64. The van der Waals surface area contributed by atoms with Crippen molar-refractivity contribution in [1.29, 1.82) is 0 Å². The summed E-state index contributed by atoms with van der Waals surface area (Å²) in [6.07, 6.45) is -0.318. The molecule has 0 aliphatic carbocycles. The molecule has 1 aromatic heterocycles. The molecule has 4 unspecified atom stereocenters. The Bertz CT molecular complexity index is 988. The summed E-state index contributed by atoms with van der Waals surface area (Å²) in [5, 5.41) is 10.2. The van der Waals surface area contributed by atoms with E-state index in [2.05, 4.69) is 36.9 Å². The van der Waals surface area contributed by atoms with E-state index in [0.717, 1.165) is 21.1 Å². The van der Waals surface area contributed by atoms with Crippen molar-refractivity contribution in [3.63, 3.8) is 0 Å². The molecule has 3 N–H and O–H groups in total. The van der Waals surface area contributed by atoms with Crippen LogP contribution in [0, 0.1) is 5.92 Å². The molecular weight excluding hydrogens is 434 g/mol. The molecule has 1 amide bonds. The minimum atomic E-state index is -0.318. The molecule has 0 radical (unpaired) electrons. The first-order chi connectivity index (χ1) is 13.9. The largest absolute Gasteiger partial charge is 0.424 e. The van der Waals surface area contributed by atoms with Gasteiger partial charge in [0, 0.05) is 30.7 Å². The van der Waals surface area contributed by atoms with Crippen molar-refractivity contribution in [2.24, 2.45) is 5.92 Å². The van der Waals surface area contributed by atoms with E-state index in [0.29, 0.717) is 6.01 Å². The lowest BCUT2D eigenvalue weighted by Gasteiger charge is -2.43. The van der Waals surface area contributed by atoms with Crippen LogP contribution in [-0.2, 0) is 4.79 Å². The van der Waals surface area contributed by atoms with E-state index in [1.807, 2.05) is 55.5 Å². The monoisotopic (exact) mass is 457 g/mol. The molecule has 4 atom stereocenters. The number of carbonyl (C=O) groups excluding carboxylic acids is 1. The number of nitrogens with one attached hydrogen (secondary N) is 3. The number of oxazole rings is 1. The summed E-state index contributed by atoms with van der Waals surface area (Å²) in [6, 6.07) is 15.7. The smallest absolute Gasteiger partial charge is 0.297 e. The van der Waals surface area contributed by atoms with Gasteiger partial charge in [0.25, 0.3) is 6.01 Å². The fraction of sp³-hybridized carbons (Fsp3) is 0.333. The molecule has 1 aliphatic heterocycles. The van der Waals surface area contributed by atoms with Crippen LogP contribution in [0.15, 0.2) is 57.4 Å². The molecule has 0 saturated carbocycles. The van der Waals surface area contributed by atoms with Gasteiger partial charge in [-0.3, -0.25) is 15.4 Å². The summed E-state index contributed by atoms with van der Waals surface area (Å²) in [4.78, 5) is 19.1. The van der Waals surface area contributed by atoms with Crippen LogP contribution in [0.2, 0.25) is 0 Å². The lowest BCUT2D eigenvalue weighted by molar-refractivity contribution is -0.136. The maximum Gasteiger partial charge on any atom is 0.297 e. The molecule has 8 heteroatoms. The topological polar surface area (TPSA) is 82.4 Å². The molecule has 1 saturated heterocycles. The van der Waals surface area contributed by atoms with Crippen molar-refractivity contribution >= 4 is 39.0 Å². The number of aromatic nitrogens is 1. The standard InChI is InChI=1S/C21H24BrN5O2/c1-12-17(19(28)27(2)3)18(13-8-4-5-9-14(13)22)25-20(23-12)26-21-24-15-10-6-7-11-16(15)29-21/h4-12,17-18,20,23,25H,1-3H3,(H,24,26). The van der Waals surface area contributed by atoms with Crippen molar-refractivity contribution in [2.75, 3.05) is 19.4 Å². The minimum Gasteiger partial charge on any atom is -0.424 e. The highest BCUT2D eigenvalue weighted by atomic mass is 79.9. The number of hydrogen-bond acceptors (Lipinski definition) is 6. The second-order valence-corrected chi connectivity index (χ2v) is 8.30. The SMILES string of the molecule is CC1NC(Nc2nc3ccccc3o2)NC(c2ccccc2Br)C1C(=O)N(C)C. The number of nitrogens with zero attached hydrogens (tertiary/aromatic N) is 2. The molecule has 4 rings (SSSR count). The molecule has 29 heavy (non-hydrogen) atoms. The summed E-state index contributed by atoms with van der Waals surface area (Å²) in [5.41, 5.74) is 2.55. The molecule has 2 heterocycles. The number of benzene rings is 2. The summed E-state index contributed by atoms with van der Waals surface area (Å²) in [7, 11) is 3.57. The molecule has 1 aliphatic rings. The number of fused-ring (bicyclic) bond motifs is 1. The van der Waals surface area contributed by atoms with Gasteiger partial charge < -0.3 is 14.6 Å². The number of amides is 1. The lowest BCUT2D eigenvalue weighted by Crippen LogP contribution is -2.64. The Kier molecular flexibility index (Phi) is 5.58. The zero-order chi connectivity index (χ0) is 20.5. The Morgan fingerprint density at radius 2 is 1.86 bits per heavy atom. The van der Waals surface area contributed by atoms with Gasteiger partial charge in [-0.25, -0.2) is 0 Å². The van der Waals surface area contributed by atoms with Gasteiger partial charge >= 0.3 is 0 Å². The predicted octanol–water partition coefficient (Wildman–Crippen LogP) is 3.31. The molecular formula is C21H24BrN5O2. The third kappa shape index (κ3) is 4.01. The lowest BCUT2D eigenvalue weighted by atomic mass is 9.84. The highest BCUT2D eigenvalue weighted by Crippen LogP contribution is 2.34. The maximum atomic E-state index is 13.0. The first kappa shape index (κ1) is 19.9. The molecule has 152 valence electrons. The normalized spacial score (nSPS) is 24.4. The third-order valence-electron chi connectivity index (χ3n) is 5.20. The van der Waals surface area contributed by atoms with Gasteiger partial charge in [0.1, 0.15) is 11.8 Å². The van der Waals surface area contributed by atoms with Gasteiger partial charge in [-0.15, -0.1) is 0 Å². The molecule has 0 spiro atoms. The average molecular weight is 458 g/mol. The molecule has 1 fully saturated rings. The van der Waals surface area contributed by atoms with Crippen LogP contribution in [0.5, 0.6) is 0 Å².